The van der Waals surface area contributed by atoms with Crippen LogP contribution in [0.15, 0.2) is 30.5 Å². The van der Waals surface area contributed by atoms with Crippen molar-refractivity contribution in [2.45, 2.75) is 6.54 Å². The van der Waals surface area contributed by atoms with Gasteiger partial charge in [0.25, 0.3) is 0 Å². The summed E-state index contributed by atoms with van der Waals surface area (Å²) in [7, 11) is 0. The van der Waals surface area contributed by atoms with E-state index in [0.29, 0.717) is 12.4 Å². The highest BCUT2D eigenvalue weighted by Crippen LogP contribution is 2.32. The highest BCUT2D eigenvalue weighted by molar-refractivity contribution is 5.60. The molecule has 0 aliphatic carbocycles. The zero-order chi connectivity index (χ0) is 11.7. The minimum atomic E-state index is 0.633. The van der Waals surface area contributed by atoms with Crippen LogP contribution in [0.2, 0.25) is 0 Å². The summed E-state index contributed by atoms with van der Waals surface area (Å²) in [5, 5.41) is 6.69. The van der Waals surface area contributed by atoms with E-state index in [-0.39, 0.29) is 0 Å². The quantitative estimate of drug-likeness (QED) is 0.818. The van der Waals surface area contributed by atoms with E-state index in [1.807, 2.05) is 18.2 Å². The van der Waals surface area contributed by atoms with Gasteiger partial charge in [-0.2, -0.15) is 5.10 Å². The molecule has 5 nitrogen and oxygen atoms in total. The van der Waals surface area contributed by atoms with Crippen LogP contribution in [0.1, 0.15) is 5.56 Å². The Balaban J connectivity index is 1.88. The van der Waals surface area contributed by atoms with Gasteiger partial charge in [0.15, 0.2) is 0 Å². The first-order valence-electron chi connectivity index (χ1n) is 5.59. The zero-order valence-electron chi connectivity index (χ0n) is 9.39. The molecule has 1 aliphatic rings. The van der Waals surface area contributed by atoms with Gasteiger partial charge < -0.3 is 15.4 Å². The number of nitrogens with one attached hydrogen (secondary N) is 1. The zero-order valence-corrected chi connectivity index (χ0v) is 9.39. The summed E-state index contributed by atoms with van der Waals surface area (Å²) >= 11 is 0. The van der Waals surface area contributed by atoms with Crippen molar-refractivity contribution in [3.05, 3.63) is 36.0 Å². The summed E-state index contributed by atoms with van der Waals surface area (Å²) in [6.45, 7) is 2.32. The predicted molar refractivity (Wildman–Crippen MR) is 66.0 cm³/mol. The SMILES string of the molecule is Nc1[nH]ncc1CN1CCOc2ccccc21. The van der Waals surface area contributed by atoms with Crippen LogP contribution in [0, 0.1) is 0 Å². The fraction of sp³-hybridized carbons (Fsp3) is 0.250. The maximum atomic E-state index is 5.80. The smallest absolute Gasteiger partial charge is 0.142 e. The minimum absolute atomic E-state index is 0.633. The number of H-pyrrole nitrogens is 1. The van der Waals surface area contributed by atoms with Crippen molar-refractivity contribution in [1.82, 2.24) is 10.2 Å². The Morgan fingerprint density at radius 1 is 1.41 bits per heavy atom. The van der Waals surface area contributed by atoms with Crippen LogP contribution in [-0.2, 0) is 6.54 Å². The lowest BCUT2D eigenvalue weighted by Gasteiger charge is -2.30. The number of para-hydroxylation sites is 2. The molecule has 1 aromatic heterocycles. The number of aromatic nitrogens is 2. The number of anilines is 2. The van der Waals surface area contributed by atoms with E-state index in [4.69, 9.17) is 10.5 Å². The van der Waals surface area contributed by atoms with Crippen LogP contribution >= 0.6 is 0 Å². The topological polar surface area (TPSA) is 67.2 Å². The Hall–Kier alpha value is -2.17. The third-order valence-corrected chi connectivity index (χ3v) is 2.94. The molecule has 1 aliphatic heterocycles. The number of nitrogens with two attached hydrogens (primary N) is 1. The summed E-state index contributed by atoms with van der Waals surface area (Å²) in [4.78, 5) is 2.25. The van der Waals surface area contributed by atoms with E-state index in [2.05, 4.69) is 21.2 Å². The maximum Gasteiger partial charge on any atom is 0.142 e. The summed E-state index contributed by atoms with van der Waals surface area (Å²) in [6.07, 6.45) is 1.77. The molecular weight excluding hydrogens is 216 g/mol. The van der Waals surface area contributed by atoms with Crippen LogP contribution < -0.4 is 15.4 Å². The molecule has 3 rings (SSSR count). The summed E-state index contributed by atoms with van der Waals surface area (Å²) in [6, 6.07) is 8.04. The summed E-state index contributed by atoms with van der Waals surface area (Å²) in [5.74, 6) is 1.56. The average Bonchev–Trinajstić information content (AvgIpc) is 2.76. The number of benzene rings is 1. The molecule has 0 saturated heterocycles. The third kappa shape index (κ3) is 1.80. The molecule has 0 spiro atoms. The van der Waals surface area contributed by atoms with E-state index in [1.165, 1.54) is 0 Å². The first-order chi connectivity index (χ1) is 8.34. The van der Waals surface area contributed by atoms with Gasteiger partial charge in [-0.05, 0) is 12.1 Å². The van der Waals surface area contributed by atoms with Gasteiger partial charge in [0.2, 0.25) is 0 Å². The van der Waals surface area contributed by atoms with Crippen LogP contribution in [0.5, 0.6) is 5.75 Å². The van der Waals surface area contributed by atoms with Crippen molar-refractivity contribution in [3.8, 4) is 5.75 Å². The predicted octanol–water partition coefficient (Wildman–Crippen LogP) is 1.39. The largest absolute Gasteiger partial charge is 0.490 e. The highest BCUT2D eigenvalue weighted by Gasteiger charge is 2.18. The van der Waals surface area contributed by atoms with E-state index >= 15 is 0 Å². The Labute approximate surface area is 99.2 Å². The molecule has 0 saturated carbocycles. The molecule has 0 radical (unpaired) electrons. The number of ether oxygens (including phenoxy) is 1. The van der Waals surface area contributed by atoms with Crippen LogP contribution in [0.3, 0.4) is 0 Å². The molecule has 0 atom stereocenters. The lowest BCUT2D eigenvalue weighted by molar-refractivity contribution is 0.307. The van der Waals surface area contributed by atoms with E-state index in [0.717, 1.165) is 30.1 Å². The molecule has 0 fully saturated rings. The van der Waals surface area contributed by atoms with Gasteiger partial charge in [-0.15, -0.1) is 0 Å². The second-order valence-corrected chi connectivity index (χ2v) is 4.05. The van der Waals surface area contributed by atoms with Crippen LogP contribution in [0.25, 0.3) is 0 Å². The standard InChI is InChI=1S/C12H14N4O/c13-12-9(7-14-15-12)8-16-5-6-17-11-4-2-1-3-10(11)16/h1-4,7H,5-6,8H2,(H3,13,14,15). The molecule has 5 heteroatoms. The van der Waals surface area contributed by atoms with Gasteiger partial charge in [-0.3, -0.25) is 5.10 Å². The number of fused-ring (bicyclic) bond motifs is 1. The summed E-state index contributed by atoms with van der Waals surface area (Å²) in [5.41, 5.74) is 7.93. The Kier molecular flexibility index (Phi) is 2.36. The summed E-state index contributed by atoms with van der Waals surface area (Å²) < 4.78 is 5.61. The van der Waals surface area contributed by atoms with Crippen molar-refractivity contribution >= 4 is 11.5 Å². The molecule has 0 unspecified atom stereocenters. The molecule has 3 N–H and O–H groups in total. The van der Waals surface area contributed by atoms with Gasteiger partial charge in [0.05, 0.1) is 18.4 Å². The van der Waals surface area contributed by atoms with Gasteiger partial charge in [-0.25, -0.2) is 0 Å². The Morgan fingerprint density at radius 2 is 2.29 bits per heavy atom. The molecule has 0 amide bonds. The van der Waals surface area contributed by atoms with Gasteiger partial charge in [0, 0.05) is 12.1 Å². The fourth-order valence-electron chi connectivity index (χ4n) is 2.04. The monoisotopic (exact) mass is 230 g/mol. The molecule has 2 aromatic rings. The normalized spacial score (nSPS) is 14.2. The lowest BCUT2D eigenvalue weighted by atomic mass is 10.2. The van der Waals surface area contributed by atoms with Gasteiger partial charge >= 0.3 is 0 Å². The highest BCUT2D eigenvalue weighted by atomic mass is 16.5. The third-order valence-electron chi connectivity index (χ3n) is 2.94. The molecule has 1 aromatic carbocycles. The van der Waals surface area contributed by atoms with Gasteiger partial charge in [0.1, 0.15) is 18.2 Å². The van der Waals surface area contributed by atoms with E-state index < -0.39 is 0 Å². The number of hydrogen-bond donors (Lipinski definition) is 2. The van der Waals surface area contributed by atoms with E-state index in [1.54, 1.807) is 6.20 Å². The van der Waals surface area contributed by atoms with E-state index in [9.17, 15) is 0 Å². The van der Waals surface area contributed by atoms with Crippen molar-refractivity contribution in [3.63, 3.8) is 0 Å². The number of rotatable bonds is 2. The number of hydrogen-bond acceptors (Lipinski definition) is 4. The second-order valence-electron chi connectivity index (χ2n) is 4.05. The first kappa shape index (κ1) is 10.0. The number of aromatic amines is 1. The van der Waals surface area contributed by atoms with Crippen LogP contribution in [-0.4, -0.2) is 23.3 Å². The Morgan fingerprint density at radius 3 is 3.12 bits per heavy atom. The molecule has 88 valence electrons. The van der Waals surface area contributed by atoms with Crippen LogP contribution in [0.4, 0.5) is 11.5 Å². The van der Waals surface area contributed by atoms with Crippen molar-refractivity contribution in [1.29, 1.82) is 0 Å². The number of nitrogens with zero attached hydrogens (tertiary/aromatic N) is 2. The molecule has 17 heavy (non-hydrogen) atoms. The lowest BCUT2D eigenvalue weighted by Crippen LogP contribution is -2.32. The molecule has 2 heterocycles. The van der Waals surface area contributed by atoms with Crippen molar-refractivity contribution in [2.24, 2.45) is 0 Å². The maximum absolute atomic E-state index is 5.80. The minimum Gasteiger partial charge on any atom is -0.490 e. The fourth-order valence-corrected chi connectivity index (χ4v) is 2.04. The first-order valence-corrected chi connectivity index (χ1v) is 5.59. The number of nitrogen functional groups attached to an aromatic ring is 1. The van der Waals surface area contributed by atoms with Crippen molar-refractivity contribution < 1.29 is 4.74 Å². The van der Waals surface area contributed by atoms with Crippen molar-refractivity contribution in [2.75, 3.05) is 23.8 Å². The Bertz CT molecular complexity index is 523. The average molecular weight is 230 g/mol. The second kappa shape index (κ2) is 4.01. The van der Waals surface area contributed by atoms with Gasteiger partial charge in [-0.1, -0.05) is 12.1 Å². The molecular formula is C12H14N4O. The molecule has 0 bridgehead atoms.